The molecule has 4 nitrogen and oxygen atoms in total. The summed E-state index contributed by atoms with van der Waals surface area (Å²) in [5.41, 5.74) is 1.79. The molecule has 0 unspecified atom stereocenters. The minimum absolute atomic E-state index is 0.237. The second-order valence-electron chi connectivity index (χ2n) is 5.03. The second-order valence-corrected chi connectivity index (χ2v) is 6.02. The van der Waals surface area contributed by atoms with Gasteiger partial charge in [0.25, 0.3) is 11.1 Å². The number of carbonyl (C=O) groups is 2. The van der Waals surface area contributed by atoms with Gasteiger partial charge in [0.1, 0.15) is 5.75 Å². The van der Waals surface area contributed by atoms with E-state index >= 15 is 0 Å². The lowest BCUT2D eigenvalue weighted by Crippen LogP contribution is -2.27. The third kappa shape index (κ3) is 3.46. The molecule has 0 saturated carbocycles. The van der Waals surface area contributed by atoms with Gasteiger partial charge in [0.05, 0.1) is 18.6 Å². The van der Waals surface area contributed by atoms with E-state index in [4.69, 9.17) is 4.74 Å². The largest absolute Gasteiger partial charge is 0.497 e. The van der Waals surface area contributed by atoms with Crippen LogP contribution in [0.25, 0.3) is 6.08 Å². The van der Waals surface area contributed by atoms with Crippen LogP contribution < -0.4 is 4.74 Å². The molecule has 0 bridgehead atoms. The van der Waals surface area contributed by atoms with Crippen molar-refractivity contribution in [3.63, 3.8) is 0 Å². The average Bonchev–Trinajstić information content (AvgIpc) is 2.84. The summed E-state index contributed by atoms with van der Waals surface area (Å²) in [4.78, 5) is 26.3. The molecule has 2 amide bonds. The number of methoxy groups -OCH3 is 1. The van der Waals surface area contributed by atoms with E-state index in [0.717, 1.165) is 28.6 Å². The van der Waals surface area contributed by atoms with Crippen molar-refractivity contribution in [1.82, 2.24) is 4.90 Å². The van der Waals surface area contributed by atoms with Crippen LogP contribution in [0.4, 0.5) is 4.79 Å². The summed E-state index contributed by atoms with van der Waals surface area (Å²) in [5, 5.41) is -0.237. The number of hydrogen-bond donors (Lipinski definition) is 0. The molecule has 2 aromatic carbocycles. The first-order chi connectivity index (χ1) is 11.2. The Morgan fingerprint density at radius 1 is 1.04 bits per heavy atom. The van der Waals surface area contributed by atoms with Crippen LogP contribution in [0.15, 0.2) is 59.5 Å². The van der Waals surface area contributed by atoms with E-state index in [1.165, 1.54) is 4.90 Å². The van der Waals surface area contributed by atoms with Crippen LogP contribution in [0.1, 0.15) is 11.1 Å². The van der Waals surface area contributed by atoms with E-state index in [1.807, 2.05) is 54.6 Å². The van der Waals surface area contributed by atoms with Gasteiger partial charge in [-0.25, -0.2) is 0 Å². The average molecular weight is 325 g/mol. The third-order valence-electron chi connectivity index (χ3n) is 3.47. The first kappa shape index (κ1) is 15.4. The summed E-state index contributed by atoms with van der Waals surface area (Å²) >= 11 is 0.973. The maximum Gasteiger partial charge on any atom is 0.293 e. The molecule has 0 aliphatic carbocycles. The number of rotatable bonds is 4. The quantitative estimate of drug-likeness (QED) is 0.799. The Hall–Kier alpha value is -2.53. The van der Waals surface area contributed by atoms with Crippen molar-refractivity contribution in [2.24, 2.45) is 0 Å². The monoisotopic (exact) mass is 325 g/mol. The Balaban J connectivity index is 1.78. The van der Waals surface area contributed by atoms with Crippen LogP contribution in [0.5, 0.6) is 5.75 Å². The highest BCUT2D eigenvalue weighted by atomic mass is 32.2. The van der Waals surface area contributed by atoms with E-state index in [1.54, 1.807) is 13.2 Å². The van der Waals surface area contributed by atoms with E-state index in [0.29, 0.717) is 11.4 Å². The van der Waals surface area contributed by atoms with Gasteiger partial charge in [0.15, 0.2) is 0 Å². The third-order valence-corrected chi connectivity index (χ3v) is 4.38. The van der Waals surface area contributed by atoms with Crippen molar-refractivity contribution in [2.75, 3.05) is 7.11 Å². The van der Waals surface area contributed by atoms with Gasteiger partial charge in [0, 0.05) is 0 Å². The minimum atomic E-state index is -0.250. The zero-order chi connectivity index (χ0) is 16.2. The lowest BCUT2D eigenvalue weighted by Gasteiger charge is -2.12. The zero-order valence-corrected chi connectivity index (χ0v) is 13.4. The van der Waals surface area contributed by atoms with Crippen LogP contribution in [-0.2, 0) is 11.3 Å². The van der Waals surface area contributed by atoms with Gasteiger partial charge in [-0.2, -0.15) is 0 Å². The predicted octanol–water partition coefficient (Wildman–Crippen LogP) is 3.93. The Bertz CT molecular complexity index is 754. The molecule has 1 fully saturated rings. The summed E-state index contributed by atoms with van der Waals surface area (Å²) in [6, 6.07) is 16.8. The normalized spacial score (nSPS) is 16.2. The van der Waals surface area contributed by atoms with Gasteiger partial charge >= 0.3 is 0 Å². The first-order valence-corrected chi connectivity index (χ1v) is 7.92. The van der Waals surface area contributed by atoms with Gasteiger partial charge in [-0.15, -0.1) is 0 Å². The molecule has 116 valence electrons. The van der Waals surface area contributed by atoms with Crippen molar-refractivity contribution in [3.05, 3.63) is 70.6 Å². The highest BCUT2D eigenvalue weighted by Crippen LogP contribution is 2.33. The molecule has 0 radical (unpaired) electrons. The number of carbonyl (C=O) groups excluding carboxylic acids is 2. The highest BCUT2D eigenvalue weighted by Gasteiger charge is 2.34. The van der Waals surface area contributed by atoms with Crippen LogP contribution in [-0.4, -0.2) is 23.2 Å². The number of hydrogen-bond acceptors (Lipinski definition) is 4. The zero-order valence-electron chi connectivity index (χ0n) is 12.6. The molecule has 5 heteroatoms. The Kier molecular flexibility index (Phi) is 4.48. The lowest BCUT2D eigenvalue weighted by atomic mass is 10.2. The second kappa shape index (κ2) is 6.71. The molecular weight excluding hydrogens is 310 g/mol. The topological polar surface area (TPSA) is 46.6 Å². The fraction of sp³-hybridized carbons (Fsp3) is 0.111. The molecule has 3 rings (SSSR count). The lowest BCUT2D eigenvalue weighted by molar-refractivity contribution is -0.123. The highest BCUT2D eigenvalue weighted by molar-refractivity contribution is 8.18. The fourth-order valence-corrected chi connectivity index (χ4v) is 3.09. The Morgan fingerprint density at radius 3 is 2.39 bits per heavy atom. The molecule has 23 heavy (non-hydrogen) atoms. The van der Waals surface area contributed by atoms with Crippen molar-refractivity contribution in [1.29, 1.82) is 0 Å². The van der Waals surface area contributed by atoms with Gasteiger partial charge in [-0.1, -0.05) is 42.5 Å². The van der Waals surface area contributed by atoms with Crippen LogP contribution in [0.2, 0.25) is 0 Å². The molecule has 1 heterocycles. The van der Waals surface area contributed by atoms with Crippen LogP contribution in [0.3, 0.4) is 0 Å². The van der Waals surface area contributed by atoms with Gasteiger partial charge in [0.2, 0.25) is 0 Å². The number of thioether (sulfide) groups is 1. The van der Waals surface area contributed by atoms with Crippen LogP contribution >= 0.6 is 11.8 Å². The standard InChI is InChI=1S/C18H15NO3S/c1-22-15-9-7-13(8-10-15)11-16-17(20)19(18(21)23-16)12-14-5-3-2-4-6-14/h2-11H,12H2,1H3/b16-11+. The molecule has 0 spiro atoms. The van der Waals surface area contributed by atoms with Crippen molar-refractivity contribution in [2.45, 2.75) is 6.54 Å². The molecule has 1 aliphatic heterocycles. The van der Waals surface area contributed by atoms with E-state index in [2.05, 4.69) is 0 Å². The SMILES string of the molecule is COc1ccc(/C=C2/SC(=O)N(Cc3ccccc3)C2=O)cc1. The van der Waals surface area contributed by atoms with Crippen LogP contribution in [0, 0.1) is 0 Å². The molecule has 0 atom stereocenters. The molecule has 1 saturated heterocycles. The number of benzene rings is 2. The number of imide groups is 1. The van der Waals surface area contributed by atoms with E-state index in [9.17, 15) is 9.59 Å². The van der Waals surface area contributed by atoms with E-state index < -0.39 is 0 Å². The predicted molar refractivity (Wildman–Crippen MR) is 91.0 cm³/mol. The molecule has 2 aromatic rings. The maximum absolute atomic E-state index is 12.4. The summed E-state index contributed by atoms with van der Waals surface area (Å²) in [6.45, 7) is 0.297. The summed E-state index contributed by atoms with van der Waals surface area (Å²) in [5.74, 6) is 0.499. The van der Waals surface area contributed by atoms with Gasteiger partial charge in [-0.3, -0.25) is 14.5 Å². The summed E-state index contributed by atoms with van der Waals surface area (Å²) in [6.07, 6.45) is 1.73. The Labute approximate surface area is 138 Å². The first-order valence-electron chi connectivity index (χ1n) is 7.11. The maximum atomic E-state index is 12.4. The fourth-order valence-electron chi connectivity index (χ4n) is 2.25. The van der Waals surface area contributed by atoms with Crippen molar-refractivity contribution >= 4 is 29.0 Å². The number of amides is 2. The van der Waals surface area contributed by atoms with Gasteiger partial charge < -0.3 is 4.74 Å². The molecule has 0 aromatic heterocycles. The summed E-state index contributed by atoms with van der Waals surface area (Å²) < 4.78 is 5.11. The Morgan fingerprint density at radius 2 is 1.74 bits per heavy atom. The minimum Gasteiger partial charge on any atom is -0.497 e. The number of nitrogens with zero attached hydrogens (tertiary/aromatic N) is 1. The molecule has 0 N–H and O–H groups in total. The smallest absolute Gasteiger partial charge is 0.293 e. The summed E-state index contributed by atoms with van der Waals surface area (Å²) in [7, 11) is 1.60. The van der Waals surface area contributed by atoms with Crippen molar-refractivity contribution in [3.8, 4) is 5.75 Å². The van der Waals surface area contributed by atoms with E-state index in [-0.39, 0.29) is 11.1 Å². The molecule has 1 aliphatic rings. The van der Waals surface area contributed by atoms with Gasteiger partial charge in [-0.05, 0) is 41.1 Å². The molecular formula is C18H15NO3S. The van der Waals surface area contributed by atoms with Crippen molar-refractivity contribution < 1.29 is 14.3 Å². The number of ether oxygens (including phenoxy) is 1.